The summed E-state index contributed by atoms with van der Waals surface area (Å²) in [7, 11) is 0. The van der Waals surface area contributed by atoms with Crippen molar-refractivity contribution in [2.45, 2.75) is 19.8 Å². The second-order valence-corrected chi connectivity index (χ2v) is 4.61. The van der Waals surface area contributed by atoms with Crippen LogP contribution in [-0.4, -0.2) is 11.3 Å². The first-order chi connectivity index (χ1) is 9.09. The standard InChI is InChI=1S/C16H16O3/c1-11(2)13-9-6-10-14(19-16(17)18)15(13)12-7-4-3-5-8-12/h3-11H,1-2H3,(H,17,18). The Morgan fingerprint density at radius 3 is 2.32 bits per heavy atom. The molecule has 19 heavy (non-hydrogen) atoms. The highest BCUT2D eigenvalue weighted by Crippen LogP contribution is 2.37. The van der Waals surface area contributed by atoms with Crippen LogP contribution in [0.4, 0.5) is 4.79 Å². The van der Waals surface area contributed by atoms with Crippen molar-refractivity contribution in [2.24, 2.45) is 0 Å². The van der Waals surface area contributed by atoms with E-state index in [0.29, 0.717) is 5.75 Å². The van der Waals surface area contributed by atoms with Crippen molar-refractivity contribution in [3.63, 3.8) is 0 Å². The first kappa shape index (κ1) is 13.1. The van der Waals surface area contributed by atoms with Gasteiger partial charge in [-0.25, -0.2) is 4.79 Å². The van der Waals surface area contributed by atoms with Crippen molar-refractivity contribution < 1.29 is 14.6 Å². The van der Waals surface area contributed by atoms with Crippen LogP contribution in [0.5, 0.6) is 5.75 Å². The average molecular weight is 256 g/mol. The lowest BCUT2D eigenvalue weighted by Crippen LogP contribution is -2.05. The quantitative estimate of drug-likeness (QED) is 0.648. The van der Waals surface area contributed by atoms with Crippen LogP contribution in [0, 0.1) is 0 Å². The Balaban J connectivity index is 2.63. The van der Waals surface area contributed by atoms with Gasteiger partial charge in [0.05, 0.1) is 0 Å². The average Bonchev–Trinajstić information content (AvgIpc) is 2.38. The monoisotopic (exact) mass is 256 g/mol. The van der Waals surface area contributed by atoms with Gasteiger partial charge in [-0.2, -0.15) is 0 Å². The zero-order valence-electron chi connectivity index (χ0n) is 11.0. The molecule has 0 saturated carbocycles. The van der Waals surface area contributed by atoms with E-state index >= 15 is 0 Å². The maximum atomic E-state index is 10.8. The molecule has 3 heteroatoms. The lowest BCUT2D eigenvalue weighted by molar-refractivity contribution is 0.144. The molecular weight excluding hydrogens is 240 g/mol. The SMILES string of the molecule is CC(C)c1cccc(OC(=O)O)c1-c1ccccc1. The van der Waals surface area contributed by atoms with Gasteiger partial charge < -0.3 is 9.84 Å². The lowest BCUT2D eigenvalue weighted by atomic mass is 9.92. The number of carboxylic acid groups (broad SMARTS) is 1. The fraction of sp³-hybridized carbons (Fsp3) is 0.188. The molecule has 98 valence electrons. The molecule has 0 amide bonds. The fourth-order valence-corrected chi connectivity index (χ4v) is 2.12. The van der Waals surface area contributed by atoms with Gasteiger partial charge in [-0.3, -0.25) is 0 Å². The second-order valence-electron chi connectivity index (χ2n) is 4.61. The molecule has 0 bridgehead atoms. The molecule has 0 aromatic heterocycles. The van der Waals surface area contributed by atoms with Gasteiger partial charge in [0.1, 0.15) is 5.75 Å². The summed E-state index contributed by atoms with van der Waals surface area (Å²) >= 11 is 0. The molecule has 0 aliphatic carbocycles. The first-order valence-electron chi connectivity index (χ1n) is 6.18. The number of rotatable bonds is 3. The number of benzene rings is 2. The topological polar surface area (TPSA) is 46.5 Å². The third-order valence-electron chi connectivity index (χ3n) is 2.94. The Morgan fingerprint density at radius 2 is 1.74 bits per heavy atom. The van der Waals surface area contributed by atoms with E-state index in [1.165, 1.54) is 0 Å². The molecule has 3 nitrogen and oxygen atoms in total. The summed E-state index contributed by atoms with van der Waals surface area (Å²) in [5, 5.41) is 8.85. The summed E-state index contributed by atoms with van der Waals surface area (Å²) in [6.45, 7) is 4.15. The third kappa shape index (κ3) is 2.94. The molecular formula is C16H16O3. The van der Waals surface area contributed by atoms with Crippen LogP contribution >= 0.6 is 0 Å². The smallest absolute Gasteiger partial charge is 0.449 e. The molecule has 0 aliphatic heterocycles. The van der Waals surface area contributed by atoms with E-state index in [9.17, 15) is 4.79 Å². The van der Waals surface area contributed by atoms with Crippen LogP contribution in [0.1, 0.15) is 25.3 Å². The van der Waals surface area contributed by atoms with E-state index in [0.717, 1.165) is 16.7 Å². The summed E-state index contributed by atoms with van der Waals surface area (Å²) in [6, 6.07) is 15.2. The van der Waals surface area contributed by atoms with Crippen molar-refractivity contribution in [3.8, 4) is 16.9 Å². The van der Waals surface area contributed by atoms with E-state index in [1.54, 1.807) is 6.07 Å². The number of ether oxygens (including phenoxy) is 1. The van der Waals surface area contributed by atoms with Crippen LogP contribution in [0.25, 0.3) is 11.1 Å². The molecule has 0 unspecified atom stereocenters. The van der Waals surface area contributed by atoms with Gasteiger partial charge in [-0.1, -0.05) is 56.3 Å². The van der Waals surface area contributed by atoms with Gasteiger partial charge in [0.2, 0.25) is 0 Å². The highest BCUT2D eigenvalue weighted by molar-refractivity contribution is 5.77. The maximum absolute atomic E-state index is 10.8. The Kier molecular flexibility index (Phi) is 3.85. The molecule has 0 radical (unpaired) electrons. The predicted molar refractivity (Wildman–Crippen MR) is 74.6 cm³/mol. The van der Waals surface area contributed by atoms with Crippen LogP contribution in [0.15, 0.2) is 48.5 Å². The van der Waals surface area contributed by atoms with Gasteiger partial charge in [0.15, 0.2) is 0 Å². The Morgan fingerprint density at radius 1 is 1.05 bits per heavy atom. The van der Waals surface area contributed by atoms with Gasteiger partial charge in [-0.05, 0) is 23.1 Å². The van der Waals surface area contributed by atoms with Gasteiger partial charge in [0.25, 0.3) is 0 Å². The Bertz CT molecular complexity index is 574. The Labute approximate surface area is 112 Å². The molecule has 2 aromatic carbocycles. The largest absolute Gasteiger partial charge is 0.511 e. The van der Waals surface area contributed by atoms with Crippen molar-refractivity contribution >= 4 is 6.16 Å². The Hall–Kier alpha value is -2.29. The minimum atomic E-state index is -1.29. The van der Waals surface area contributed by atoms with Crippen LogP contribution < -0.4 is 4.74 Å². The number of carbonyl (C=O) groups is 1. The van der Waals surface area contributed by atoms with E-state index < -0.39 is 6.16 Å². The molecule has 0 saturated heterocycles. The zero-order chi connectivity index (χ0) is 13.8. The normalized spacial score (nSPS) is 10.5. The summed E-state index contributed by atoms with van der Waals surface area (Å²) in [6.07, 6.45) is -1.29. The van der Waals surface area contributed by atoms with Crippen molar-refractivity contribution in [2.75, 3.05) is 0 Å². The second kappa shape index (κ2) is 5.57. The number of hydrogen-bond donors (Lipinski definition) is 1. The van der Waals surface area contributed by atoms with Crippen LogP contribution in [-0.2, 0) is 0 Å². The van der Waals surface area contributed by atoms with Crippen molar-refractivity contribution in [1.82, 2.24) is 0 Å². The molecule has 0 atom stereocenters. The zero-order valence-corrected chi connectivity index (χ0v) is 11.0. The summed E-state index contributed by atoms with van der Waals surface area (Å²) in [4.78, 5) is 10.8. The van der Waals surface area contributed by atoms with Crippen LogP contribution in [0.2, 0.25) is 0 Å². The molecule has 2 rings (SSSR count). The van der Waals surface area contributed by atoms with E-state index in [-0.39, 0.29) is 5.92 Å². The molecule has 0 aliphatic rings. The van der Waals surface area contributed by atoms with Crippen molar-refractivity contribution in [1.29, 1.82) is 0 Å². The van der Waals surface area contributed by atoms with Gasteiger partial charge >= 0.3 is 6.16 Å². The van der Waals surface area contributed by atoms with E-state index in [1.807, 2.05) is 42.5 Å². The van der Waals surface area contributed by atoms with Crippen LogP contribution in [0.3, 0.4) is 0 Å². The first-order valence-corrected chi connectivity index (χ1v) is 6.18. The molecule has 1 N–H and O–H groups in total. The van der Waals surface area contributed by atoms with Gasteiger partial charge in [0, 0.05) is 5.56 Å². The molecule has 0 heterocycles. The van der Waals surface area contributed by atoms with Gasteiger partial charge in [-0.15, -0.1) is 0 Å². The highest BCUT2D eigenvalue weighted by Gasteiger charge is 2.15. The molecule has 2 aromatic rings. The van der Waals surface area contributed by atoms with E-state index in [2.05, 4.69) is 13.8 Å². The molecule has 0 spiro atoms. The summed E-state index contributed by atoms with van der Waals surface area (Å²) < 4.78 is 4.91. The fourth-order valence-electron chi connectivity index (χ4n) is 2.12. The number of hydrogen-bond acceptors (Lipinski definition) is 2. The minimum Gasteiger partial charge on any atom is -0.449 e. The lowest BCUT2D eigenvalue weighted by Gasteiger charge is -2.16. The summed E-state index contributed by atoms with van der Waals surface area (Å²) in [5.74, 6) is 0.664. The third-order valence-corrected chi connectivity index (χ3v) is 2.94. The molecule has 0 fully saturated rings. The highest BCUT2D eigenvalue weighted by atomic mass is 16.7. The van der Waals surface area contributed by atoms with E-state index in [4.69, 9.17) is 9.84 Å². The predicted octanol–water partition coefficient (Wildman–Crippen LogP) is 4.53. The summed E-state index contributed by atoms with van der Waals surface area (Å²) in [5.41, 5.74) is 2.88. The van der Waals surface area contributed by atoms with Crippen molar-refractivity contribution in [3.05, 3.63) is 54.1 Å². The maximum Gasteiger partial charge on any atom is 0.511 e. The minimum absolute atomic E-state index is 0.285.